The first-order chi connectivity index (χ1) is 9.31. The van der Waals surface area contributed by atoms with E-state index >= 15 is 0 Å². The van der Waals surface area contributed by atoms with Gasteiger partial charge in [-0.2, -0.15) is 0 Å². The summed E-state index contributed by atoms with van der Waals surface area (Å²) < 4.78 is 5.51. The van der Waals surface area contributed by atoms with Crippen LogP contribution in [0.5, 0.6) is 5.75 Å². The van der Waals surface area contributed by atoms with Gasteiger partial charge < -0.3 is 15.8 Å². The Morgan fingerprint density at radius 1 is 1.21 bits per heavy atom. The number of ether oxygens (including phenoxy) is 1. The summed E-state index contributed by atoms with van der Waals surface area (Å²) in [5, 5.41) is 3.24. The van der Waals surface area contributed by atoms with E-state index in [0.29, 0.717) is 13.2 Å². The average Bonchev–Trinajstić information content (AvgIpc) is 2.47. The number of nitrogens with two attached hydrogens (primary N) is 1. The molecule has 4 heteroatoms. The van der Waals surface area contributed by atoms with E-state index in [1.807, 2.05) is 49.4 Å². The Bertz CT molecular complexity index is 502. The van der Waals surface area contributed by atoms with Crippen molar-refractivity contribution < 1.29 is 4.74 Å². The summed E-state index contributed by atoms with van der Waals surface area (Å²) in [7, 11) is 0. The first-order valence-electron chi connectivity index (χ1n) is 6.43. The zero-order valence-electron chi connectivity index (χ0n) is 11.0. The van der Waals surface area contributed by atoms with Crippen LogP contribution in [-0.2, 0) is 0 Å². The Morgan fingerprint density at radius 3 is 2.74 bits per heavy atom. The number of hydrogen-bond acceptors (Lipinski definition) is 4. The maximum Gasteiger partial charge on any atom is 0.168 e. The quantitative estimate of drug-likeness (QED) is 0.835. The first-order valence-corrected chi connectivity index (χ1v) is 6.43. The lowest BCUT2D eigenvalue weighted by Crippen LogP contribution is -2.21. The third kappa shape index (κ3) is 3.69. The largest absolute Gasteiger partial charge is 0.490 e. The highest BCUT2D eigenvalue weighted by atomic mass is 16.5. The van der Waals surface area contributed by atoms with E-state index in [9.17, 15) is 0 Å². The van der Waals surface area contributed by atoms with Gasteiger partial charge in [0.25, 0.3) is 0 Å². The standard InChI is InChI=1S/C15H19N3O/c1-2-19-14-9-6-10-17-15(14)18-11-13(16)12-7-4-3-5-8-12/h3-10,13H,2,11,16H2,1H3,(H,17,18). The predicted molar refractivity (Wildman–Crippen MR) is 77.3 cm³/mol. The van der Waals surface area contributed by atoms with Crippen molar-refractivity contribution in [3.8, 4) is 5.75 Å². The molecule has 19 heavy (non-hydrogen) atoms. The number of nitrogens with one attached hydrogen (secondary N) is 1. The van der Waals surface area contributed by atoms with Crippen LogP contribution in [0, 0.1) is 0 Å². The topological polar surface area (TPSA) is 60.2 Å². The Balaban J connectivity index is 1.99. The molecule has 0 radical (unpaired) electrons. The summed E-state index contributed by atoms with van der Waals surface area (Å²) in [6.07, 6.45) is 1.74. The highest BCUT2D eigenvalue weighted by Crippen LogP contribution is 2.21. The molecule has 0 fully saturated rings. The third-order valence-electron chi connectivity index (χ3n) is 2.79. The number of nitrogens with zero attached hydrogens (tertiary/aromatic N) is 1. The van der Waals surface area contributed by atoms with Crippen molar-refractivity contribution in [3.05, 3.63) is 54.2 Å². The number of aromatic nitrogens is 1. The van der Waals surface area contributed by atoms with Gasteiger partial charge >= 0.3 is 0 Å². The SMILES string of the molecule is CCOc1cccnc1NCC(N)c1ccccc1. The second-order valence-corrected chi connectivity index (χ2v) is 4.18. The number of pyridine rings is 1. The maximum atomic E-state index is 6.14. The van der Waals surface area contributed by atoms with Gasteiger partial charge in [0.15, 0.2) is 11.6 Å². The lowest BCUT2D eigenvalue weighted by Gasteiger charge is -2.15. The molecule has 100 valence electrons. The summed E-state index contributed by atoms with van der Waals surface area (Å²) in [4.78, 5) is 4.27. The minimum atomic E-state index is -0.0716. The van der Waals surface area contributed by atoms with Crippen LogP contribution in [0.4, 0.5) is 5.82 Å². The molecule has 0 amide bonds. The minimum absolute atomic E-state index is 0.0716. The van der Waals surface area contributed by atoms with Gasteiger partial charge in [0.05, 0.1) is 6.61 Å². The van der Waals surface area contributed by atoms with Crippen LogP contribution in [0.15, 0.2) is 48.7 Å². The Labute approximate surface area is 113 Å². The summed E-state index contributed by atoms with van der Waals surface area (Å²) in [5.41, 5.74) is 7.24. The fourth-order valence-corrected chi connectivity index (χ4v) is 1.82. The molecule has 1 aromatic carbocycles. The van der Waals surface area contributed by atoms with Gasteiger partial charge in [0.1, 0.15) is 0 Å². The average molecular weight is 257 g/mol. The highest BCUT2D eigenvalue weighted by molar-refractivity contribution is 5.49. The van der Waals surface area contributed by atoms with E-state index in [0.717, 1.165) is 17.1 Å². The van der Waals surface area contributed by atoms with Crippen molar-refractivity contribution in [3.63, 3.8) is 0 Å². The molecule has 3 N–H and O–H groups in total. The van der Waals surface area contributed by atoms with Gasteiger partial charge in [0.2, 0.25) is 0 Å². The highest BCUT2D eigenvalue weighted by Gasteiger charge is 2.08. The number of benzene rings is 1. The van der Waals surface area contributed by atoms with E-state index in [1.165, 1.54) is 0 Å². The minimum Gasteiger partial charge on any atom is -0.490 e. The maximum absolute atomic E-state index is 6.14. The smallest absolute Gasteiger partial charge is 0.168 e. The van der Waals surface area contributed by atoms with Crippen LogP contribution >= 0.6 is 0 Å². The molecule has 0 bridgehead atoms. The number of rotatable bonds is 6. The monoisotopic (exact) mass is 257 g/mol. The molecule has 0 aliphatic carbocycles. The van der Waals surface area contributed by atoms with Gasteiger partial charge in [-0.1, -0.05) is 30.3 Å². The summed E-state index contributed by atoms with van der Waals surface area (Å²) in [5.74, 6) is 1.49. The van der Waals surface area contributed by atoms with Crippen LogP contribution in [0.2, 0.25) is 0 Å². The van der Waals surface area contributed by atoms with Crippen molar-refractivity contribution in [2.24, 2.45) is 5.73 Å². The Morgan fingerprint density at radius 2 is 2.00 bits per heavy atom. The van der Waals surface area contributed by atoms with Gasteiger partial charge in [-0.15, -0.1) is 0 Å². The Kier molecular flexibility index (Phi) is 4.75. The lowest BCUT2D eigenvalue weighted by atomic mass is 10.1. The second kappa shape index (κ2) is 6.75. The normalized spacial score (nSPS) is 11.9. The molecule has 0 saturated carbocycles. The lowest BCUT2D eigenvalue weighted by molar-refractivity contribution is 0.340. The third-order valence-corrected chi connectivity index (χ3v) is 2.79. The van der Waals surface area contributed by atoms with Crippen LogP contribution < -0.4 is 15.8 Å². The summed E-state index contributed by atoms with van der Waals surface area (Å²) in [6.45, 7) is 3.18. The molecule has 4 nitrogen and oxygen atoms in total. The van der Waals surface area contributed by atoms with E-state index in [2.05, 4.69) is 10.3 Å². The first kappa shape index (κ1) is 13.4. The molecule has 2 rings (SSSR count). The molecule has 0 saturated heterocycles. The molecule has 0 aliphatic heterocycles. The fourth-order valence-electron chi connectivity index (χ4n) is 1.82. The van der Waals surface area contributed by atoms with Crippen LogP contribution in [0.3, 0.4) is 0 Å². The van der Waals surface area contributed by atoms with Crippen molar-refractivity contribution >= 4 is 5.82 Å². The van der Waals surface area contributed by atoms with Gasteiger partial charge in [-0.05, 0) is 24.6 Å². The second-order valence-electron chi connectivity index (χ2n) is 4.18. The van der Waals surface area contributed by atoms with Crippen molar-refractivity contribution in [1.29, 1.82) is 0 Å². The van der Waals surface area contributed by atoms with E-state index < -0.39 is 0 Å². The zero-order chi connectivity index (χ0) is 13.5. The summed E-state index contributed by atoms with van der Waals surface area (Å²) >= 11 is 0. The van der Waals surface area contributed by atoms with Crippen molar-refractivity contribution in [1.82, 2.24) is 4.98 Å². The van der Waals surface area contributed by atoms with E-state index in [4.69, 9.17) is 10.5 Å². The van der Waals surface area contributed by atoms with Crippen LogP contribution in [0.1, 0.15) is 18.5 Å². The molecule has 2 aromatic rings. The van der Waals surface area contributed by atoms with Gasteiger partial charge in [-0.25, -0.2) is 4.98 Å². The van der Waals surface area contributed by atoms with Crippen molar-refractivity contribution in [2.75, 3.05) is 18.5 Å². The predicted octanol–water partition coefficient (Wildman–Crippen LogP) is 2.59. The molecule has 0 aliphatic rings. The van der Waals surface area contributed by atoms with Crippen LogP contribution in [-0.4, -0.2) is 18.1 Å². The van der Waals surface area contributed by atoms with Crippen LogP contribution in [0.25, 0.3) is 0 Å². The summed E-state index contributed by atoms with van der Waals surface area (Å²) in [6, 6.07) is 13.7. The molecule has 0 spiro atoms. The molecule has 1 aromatic heterocycles. The zero-order valence-corrected chi connectivity index (χ0v) is 11.0. The molecule has 1 unspecified atom stereocenters. The number of anilines is 1. The molecular weight excluding hydrogens is 238 g/mol. The molecular formula is C15H19N3O. The number of hydrogen-bond donors (Lipinski definition) is 2. The van der Waals surface area contributed by atoms with Crippen molar-refractivity contribution in [2.45, 2.75) is 13.0 Å². The van der Waals surface area contributed by atoms with Gasteiger partial charge in [-0.3, -0.25) is 0 Å². The van der Waals surface area contributed by atoms with E-state index in [1.54, 1.807) is 6.20 Å². The molecule has 1 atom stereocenters. The Hall–Kier alpha value is -2.07. The fraction of sp³-hybridized carbons (Fsp3) is 0.267. The van der Waals surface area contributed by atoms with E-state index in [-0.39, 0.29) is 6.04 Å². The molecule has 1 heterocycles. The van der Waals surface area contributed by atoms with Gasteiger partial charge in [0, 0.05) is 18.8 Å².